The highest BCUT2D eigenvalue weighted by molar-refractivity contribution is 7.86. The first-order chi connectivity index (χ1) is 11.4. The molecule has 1 rings (SSSR count). The van der Waals surface area contributed by atoms with E-state index in [4.69, 9.17) is 4.74 Å². The van der Waals surface area contributed by atoms with Crippen LogP contribution in [0.25, 0.3) is 0 Å². The highest BCUT2D eigenvalue weighted by Crippen LogP contribution is 2.22. The van der Waals surface area contributed by atoms with E-state index in [9.17, 15) is 13.0 Å². The Kier molecular flexibility index (Phi) is 10.0. The predicted molar refractivity (Wildman–Crippen MR) is 98.8 cm³/mol. The largest absolute Gasteiger partial charge is 0.472 e. The third kappa shape index (κ3) is 9.28. The second kappa shape index (κ2) is 11.5. The van der Waals surface area contributed by atoms with Crippen LogP contribution in [0.15, 0.2) is 30.3 Å². The smallest absolute Gasteiger partial charge is 0.303 e. The minimum Gasteiger partial charge on any atom is -0.472 e. The number of ether oxygens (including phenoxy) is 1. The Morgan fingerprint density at radius 1 is 1.00 bits per heavy atom. The van der Waals surface area contributed by atoms with Crippen LogP contribution >= 0.6 is 0 Å². The Morgan fingerprint density at radius 3 is 2.17 bits per heavy atom. The van der Waals surface area contributed by atoms with Crippen molar-refractivity contribution in [3.8, 4) is 5.75 Å². The molecule has 0 aliphatic carbocycles. The zero-order valence-electron chi connectivity index (χ0n) is 15.0. The molecule has 0 heterocycles. The van der Waals surface area contributed by atoms with Crippen molar-refractivity contribution in [1.29, 1.82) is 0 Å². The molecule has 0 aliphatic heterocycles. The summed E-state index contributed by atoms with van der Waals surface area (Å²) < 4.78 is 38.1. The normalized spacial score (nSPS) is 14.3. The zero-order valence-corrected chi connectivity index (χ0v) is 15.8. The van der Waals surface area contributed by atoms with Crippen LogP contribution < -0.4 is 4.74 Å². The second-order valence-electron chi connectivity index (χ2n) is 6.63. The first-order valence-electron chi connectivity index (χ1n) is 9.11. The van der Waals surface area contributed by atoms with Crippen molar-refractivity contribution in [3.63, 3.8) is 0 Å². The third-order valence-corrected chi connectivity index (χ3v) is 5.19. The summed E-state index contributed by atoms with van der Waals surface area (Å²) in [5.74, 6) is 0.652. The lowest BCUT2D eigenvalue weighted by Gasteiger charge is -2.20. The van der Waals surface area contributed by atoms with Gasteiger partial charge in [0.1, 0.15) is 5.75 Å². The lowest BCUT2D eigenvalue weighted by Crippen LogP contribution is -2.29. The molecule has 0 saturated carbocycles. The lowest BCUT2D eigenvalue weighted by atomic mass is 9.99. The Hall–Kier alpha value is -1.07. The van der Waals surface area contributed by atoms with Crippen molar-refractivity contribution in [3.05, 3.63) is 30.3 Å². The van der Waals surface area contributed by atoms with Crippen LogP contribution in [-0.2, 0) is 10.1 Å². The van der Waals surface area contributed by atoms with Gasteiger partial charge in [-0.2, -0.15) is 8.42 Å². The van der Waals surface area contributed by atoms with E-state index in [2.05, 4.69) is 6.92 Å². The monoisotopic (exact) mass is 356 g/mol. The Labute approximate surface area is 147 Å². The lowest BCUT2D eigenvalue weighted by molar-refractivity contribution is 0.220. The van der Waals surface area contributed by atoms with Crippen LogP contribution in [0.4, 0.5) is 0 Å². The number of hydrogen-bond acceptors (Lipinski definition) is 3. The Bertz CT molecular complexity index is 528. The van der Waals surface area contributed by atoms with Crippen molar-refractivity contribution in [2.24, 2.45) is 5.92 Å². The average Bonchev–Trinajstić information content (AvgIpc) is 2.53. The van der Waals surface area contributed by atoms with Crippen LogP contribution in [0.2, 0.25) is 0 Å². The standard InChI is InChI=1S/C19H32O4S/c1-3-4-5-6-7-8-10-13-17(2)16-19(24(20,21)22)23-18-14-11-9-12-15-18/h9,11-12,14-15,17,19H,3-8,10,13,16H2,1-2H3,(H,20,21,22). The molecular weight excluding hydrogens is 324 g/mol. The van der Waals surface area contributed by atoms with Gasteiger partial charge in [-0.05, 0) is 18.1 Å². The number of para-hydroxylation sites is 1. The van der Waals surface area contributed by atoms with Gasteiger partial charge in [-0.15, -0.1) is 0 Å². The van der Waals surface area contributed by atoms with Crippen molar-refractivity contribution >= 4 is 10.1 Å². The van der Waals surface area contributed by atoms with Crippen molar-refractivity contribution < 1.29 is 17.7 Å². The highest BCUT2D eigenvalue weighted by atomic mass is 32.2. The summed E-state index contributed by atoms with van der Waals surface area (Å²) in [6.07, 6.45) is 9.95. The van der Waals surface area contributed by atoms with Gasteiger partial charge in [-0.1, -0.05) is 83.4 Å². The van der Waals surface area contributed by atoms with E-state index in [1.165, 1.54) is 38.5 Å². The summed E-state index contributed by atoms with van der Waals surface area (Å²) in [6, 6.07) is 8.77. The quantitative estimate of drug-likeness (QED) is 0.377. The fourth-order valence-corrected chi connectivity index (χ4v) is 3.58. The molecule has 1 N–H and O–H groups in total. The van der Waals surface area contributed by atoms with Gasteiger partial charge in [0.15, 0.2) is 0 Å². The van der Waals surface area contributed by atoms with Gasteiger partial charge >= 0.3 is 10.1 Å². The molecule has 138 valence electrons. The van der Waals surface area contributed by atoms with Gasteiger partial charge in [0.2, 0.25) is 5.44 Å². The van der Waals surface area contributed by atoms with Gasteiger partial charge in [0, 0.05) is 6.42 Å². The number of rotatable bonds is 13. The fraction of sp³-hybridized carbons (Fsp3) is 0.684. The van der Waals surface area contributed by atoms with E-state index < -0.39 is 15.6 Å². The molecule has 2 unspecified atom stereocenters. The molecule has 0 saturated heterocycles. The summed E-state index contributed by atoms with van der Waals surface area (Å²) in [6.45, 7) is 4.23. The van der Waals surface area contributed by atoms with Crippen molar-refractivity contribution in [2.45, 2.75) is 77.1 Å². The summed E-state index contributed by atoms with van der Waals surface area (Å²) in [7, 11) is -4.23. The van der Waals surface area contributed by atoms with E-state index >= 15 is 0 Å². The number of unbranched alkanes of at least 4 members (excludes halogenated alkanes) is 6. The predicted octanol–water partition coefficient (Wildman–Crippen LogP) is 5.45. The third-order valence-electron chi connectivity index (χ3n) is 4.24. The molecule has 4 nitrogen and oxygen atoms in total. The molecule has 1 aromatic carbocycles. The van der Waals surface area contributed by atoms with E-state index in [-0.39, 0.29) is 5.92 Å². The van der Waals surface area contributed by atoms with Crippen LogP contribution in [0.3, 0.4) is 0 Å². The molecule has 0 aromatic heterocycles. The van der Waals surface area contributed by atoms with E-state index in [0.29, 0.717) is 12.2 Å². The Morgan fingerprint density at radius 2 is 1.58 bits per heavy atom. The molecule has 0 spiro atoms. The second-order valence-corrected chi connectivity index (χ2v) is 8.18. The maximum atomic E-state index is 11.6. The first-order valence-corrected chi connectivity index (χ1v) is 10.6. The van der Waals surface area contributed by atoms with Crippen LogP contribution in [0.5, 0.6) is 5.75 Å². The molecule has 1 aromatic rings. The summed E-state index contributed by atoms with van der Waals surface area (Å²) in [5.41, 5.74) is -1.19. The van der Waals surface area contributed by atoms with Gasteiger partial charge in [-0.25, -0.2) is 0 Å². The van der Waals surface area contributed by atoms with Crippen LogP contribution in [0.1, 0.15) is 71.6 Å². The first kappa shape index (κ1) is 21.0. The number of benzene rings is 1. The van der Waals surface area contributed by atoms with E-state index in [1.54, 1.807) is 24.3 Å². The molecule has 0 fully saturated rings. The molecule has 5 heteroatoms. The molecule has 0 aliphatic rings. The molecule has 0 bridgehead atoms. The maximum absolute atomic E-state index is 11.6. The van der Waals surface area contributed by atoms with Gasteiger partial charge in [-0.3, -0.25) is 4.55 Å². The van der Waals surface area contributed by atoms with Gasteiger partial charge in [0.25, 0.3) is 0 Å². The average molecular weight is 357 g/mol. The zero-order chi connectivity index (χ0) is 17.8. The SMILES string of the molecule is CCCCCCCCCC(C)CC(Oc1ccccc1)S(=O)(=O)O. The van der Waals surface area contributed by atoms with Crippen molar-refractivity contribution in [1.82, 2.24) is 0 Å². The fourth-order valence-electron chi connectivity index (χ4n) is 2.78. The Balaban J connectivity index is 2.35. The molecule has 0 amide bonds. The molecule has 2 atom stereocenters. The van der Waals surface area contributed by atoms with E-state index in [0.717, 1.165) is 12.8 Å². The van der Waals surface area contributed by atoms with Crippen molar-refractivity contribution in [2.75, 3.05) is 0 Å². The summed E-state index contributed by atoms with van der Waals surface area (Å²) in [5, 5.41) is 0. The topological polar surface area (TPSA) is 63.6 Å². The highest BCUT2D eigenvalue weighted by Gasteiger charge is 2.27. The van der Waals surface area contributed by atoms with Crippen LogP contribution in [0, 0.1) is 5.92 Å². The molecular formula is C19H32O4S. The summed E-state index contributed by atoms with van der Waals surface area (Å²) >= 11 is 0. The minimum absolute atomic E-state index is 0.191. The minimum atomic E-state index is -4.23. The van der Waals surface area contributed by atoms with Gasteiger partial charge in [0.05, 0.1) is 0 Å². The van der Waals surface area contributed by atoms with Crippen LogP contribution in [-0.4, -0.2) is 18.4 Å². The molecule has 24 heavy (non-hydrogen) atoms. The molecule has 0 radical (unpaired) electrons. The number of hydrogen-bond donors (Lipinski definition) is 1. The van der Waals surface area contributed by atoms with E-state index in [1.807, 2.05) is 13.0 Å². The maximum Gasteiger partial charge on any atom is 0.303 e. The summed E-state index contributed by atoms with van der Waals surface area (Å²) in [4.78, 5) is 0. The van der Waals surface area contributed by atoms with Gasteiger partial charge < -0.3 is 4.74 Å².